The van der Waals surface area contributed by atoms with Gasteiger partial charge in [0.25, 0.3) is 0 Å². The molecule has 4 heteroatoms. The molecule has 27 heavy (non-hydrogen) atoms. The van der Waals surface area contributed by atoms with Crippen molar-refractivity contribution in [3.8, 4) is 0 Å². The Balaban J connectivity index is 1.63. The van der Waals surface area contributed by atoms with Crippen molar-refractivity contribution in [2.24, 2.45) is 11.7 Å². The number of piperidine rings is 1. The molecule has 1 amide bonds. The lowest BCUT2D eigenvalue weighted by atomic mass is 9.74. The second kappa shape index (κ2) is 7.99. The number of carbonyl (C=O) groups is 1. The molecule has 3 nitrogen and oxygen atoms in total. The molecular formula is C23H25BrN2O. The third-order valence-corrected chi connectivity index (χ3v) is 6.43. The molecule has 0 radical (unpaired) electrons. The highest BCUT2D eigenvalue weighted by Gasteiger charge is 2.32. The number of hydrogen-bond donors (Lipinski definition) is 1. The van der Waals surface area contributed by atoms with Gasteiger partial charge in [0.1, 0.15) is 0 Å². The van der Waals surface area contributed by atoms with E-state index in [1.165, 1.54) is 22.3 Å². The summed E-state index contributed by atoms with van der Waals surface area (Å²) in [5.74, 6) is 0.797. The van der Waals surface area contributed by atoms with Gasteiger partial charge in [-0.2, -0.15) is 0 Å². The van der Waals surface area contributed by atoms with Gasteiger partial charge < -0.3 is 10.6 Å². The lowest BCUT2D eigenvalue weighted by Gasteiger charge is -2.37. The van der Waals surface area contributed by atoms with Crippen LogP contribution < -0.4 is 5.73 Å². The summed E-state index contributed by atoms with van der Waals surface area (Å²) >= 11 is 3.67. The van der Waals surface area contributed by atoms with Gasteiger partial charge in [0, 0.05) is 23.4 Å². The van der Waals surface area contributed by atoms with Crippen molar-refractivity contribution in [3.05, 3.63) is 69.2 Å². The van der Waals surface area contributed by atoms with E-state index in [9.17, 15) is 4.79 Å². The molecule has 2 aromatic carbocycles. The van der Waals surface area contributed by atoms with Crippen molar-refractivity contribution >= 4 is 34.0 Å². The number of nitrogens with zero attached hydrogens (tertiary/aromatic N) is 1. The molecule has 0 saturated carbocycles. The molecule has 2 N–H and O–H groups in total. The molecule has 1 fully saturated rings. The molecule has 1 aliphatic carbocycles. The molecular weight excluding hydrogens is 400 g/mol. The number of carbonyl (C=O) groups excluding carboxylic acids is 1. The number of likely N-dealkylation sites (tertiary alicyclic amines) is 1. The predicted molar refractivity (Wildman–Crippen MR) is 114 cm³/mol. The van der Waals surface area contributed by atoms with E-state index in [0.29, 0.717) is 18.3 Å². The zero-order valence-electron chi connectivity index (χ0n) is 15.4. The molecule has 2 aromatic rings. The summed E-state index contributed by atoms with van der Waals surface area (Å²) in [6.45, 7) is 2.85. The first-order chi connectivity index (χ1) is 13.1. The fourth-order valence-corrected chi connectivity index (χ4v) is 4.92. The van der Waals surface area contributed by atoms with E-state index in [1.807, 2.05) is 0 Å². The van der Waals surface area contributed by atoms with Crippen molar-refractivity contribution in [3.63, 3.8) is 0 Å². The Hall–Kier alpha value is -1.91. The molecule has 1 atom stereocenters. The number of nitrogens with two attached hydrogens (primary N) is 1. The Morgan fingerprint density at radius 2 is 1.74 bits per heavy atom. The number of hydrogen-bond acceptors (Lipinski definition) is 2. The van der Waals surface area contributed by atoms with Gasteiger partial charge >= 0.3 is 0 Å². The van der Waals surface area contributed by atoms with Crippen LogP contribution in [0.25, 0.3) is 12.2 Å². The number of rotatable bonds is 4. The van der Waals surface area contributed by atoms with Crippen LogP contribution in [-0.4, -0.2) is 30.4 Å². The Kier molecular flexibility index (Phi) is 5.46. The minimum absolute atomic E-state index is 0.209. The maximum absolute atomic E-state index is 11.1. The maximum Gasteiger partial charge on any atom is 0.218 e. The highest BCUT2D eigenvalue weighted by Crippen LogP contribution is 2.43. The van der Waals surface area contributed by atoms with Crippen molar-refractivity contribution in [1.82, 2.24) is 4.90 Å². The molecule has 0 bridgehead atoms. The van der Waals surface area contributed by atoms with Crippen LogP contribution in [0, 0.1) is 5.92 Å². The molecule has 1 aliphatic heterocycles. The second-order valence-electron chi connectivity index (χ2n) is 7.61. The number of fused-ring (bicyclic) bond motifs is 2. The largest absolute Gasteiger partial charge is 0.370 e. The fourth-order valence-electron chi connectivity index (χ4n) is 4.55. The first-order valence-electron chi connectivity index (χ1n) is 9.69. The van der Waals surface area contributed by atoms with Crippen LogP contribution in [0.4, 0.5) is 0 Å². The van der Waals surface area contributed by atoms with Gasteiger partial charge in [-0.1, -0.05) is 58.4 Å². The van der Waals surface area contributed by atoms with Crippen molar-refractivity contribution in [2.45, 2.75) is 25.2 Å². The zero-order valence-corrected chi connectivity index (χ0v) is 17.0. The molecule has 140 valence electrons. The molecule has 4 rings (SSSR count). The highest BCUT2D eigenvalue weighted by molar-refractivity contribution is 9.10. The lowest BCUT2D eigenvalue weighted by molar-refractivity contribution is -0.118. The fraction of sp³-hybridized carbons (Fsp3) is 0.348. The highest BCUT2D eigenvalue weighted by atomic mass is 79.9. The minimum atomic E-state index is -0.209. The van der Waals surface area contributed by atoms with Gasteiger partial charge in [-0.25, -0.2) is 0 Å². The monoisotopic (exact) mass is 424 g/mol. The van der Waals surface area contributed by atoms with E-state index in [1.54, 1.807) is 0 Å². The summed E-state index contributed by atoms with van der Waals surface area (Å²) in [5, 5.41) is 0. The normalized spacial score (nSPS) is 20.0. The average Bonchev–Trinajstić information content (AvgIpc) is 2.83. The third kappa shape index (κ3) is 4.02. The van der Waals surface area contributed by atoms with Crippen LogP contribution in [0.1, 0.15) is 47.4 Å². The van der Waals surface area contributed by atoms with Crippen LogP contribution in [0.5, 0.6) is 0 Å². The first-order valence-corrected chi connectivity index (χ1v) is 10.5. The molecule has 0 aromatic heterocycles. The summed E-state index contributed by atoms with van der Waals surface area (Å²) in [5.41, 5.74) is 10.8. The Bertz CT molecular complexity index is 868. The Morgan fingerprint density at radius 1 is 1.04 bits per heavy atom. The first kappa shape index (κ1) is 18.5. The Morgan fingerprint density at radius 3 is 2.48 bits per heavy atom. The minimum Gasteiger partial charge on any atom is -0.370 e. The molecule has 0 spiro atoms. The van der Waals surface area contributed by atoms with Gasteiger partial charge in [0.15, 0.2) is 0 Å². The smallest absolute Gasteiger partial charge is 0.218 e. The van der Waals surface area contributed by atoms with Gasteiger partial charge in [0.2, 0.25) is 5.91 Å². The van der Waals surface area contributed by atoms with Crippen LogP contribution in [0.2, 0.25) is 0 Å². The van der Waals surface area contributed by atoms with Crippen LogP contribution in [-0.2, 0) is 4.79 Å². The molecule has 2 aliphatic rings. The van der Waals surface area contributed by atoms with E-state index in [2.05, 4.69) is 75.4 Å². The van der Waals surface area contributed by atoms with E-state index >= 15 is 0 Å². The standard InChI is InChI=1S/C23H25BrN2O/c24-19-8-7-17-6-5-16-3-1-2-4-20(16)23(21(17)15-19)18-9-12-26(13-10-18)14-11-22(25)27/h1-8,15,18,23H,9-14H2,(H2,25,27). The van der Waals surface area contributed by atoms with Crippen LogP contribution in [0.3, 0.4) is 0 Å². The number of amides is 1. The summed E-state index contributed by atoms with van der Waals surface area (Å²) in [7, 11) is 0. The quantitative estimate of drug-likeness (QED) is 0.775. The van der Waals surface area contributed by atoms with E-state index in [4.69, 9.17) is 5.73 Å². The van der Waals surface area contributed by atoms with Gasteiger partial charge in [-0.3, -0.25) is 4.79 Å². The predicted octanol–water partition coefficient (Wildman–Crippen LogP) is 4.65. The zero-order chi connectivity index (χ0) is 18.8. The number of primary amides is 1. The van der Waals surface area contributed by atoms with Gasteiger partial charge in [0.05, 0.1) is 0 Å². The summed E-state index contributed by atoms with van der Waals surface area (Å²) in [4.78, 5) is 13.5. The molecule has 1 saturated heterocycles. The average molecular weight is 425 g/mol. The van der Waals surface area contributed by atoms with E-state index < -0.39 is 0 Å². The second-order valence-corrected chi connectivity index (χ2v) is 8.52. The van der Waals surface area contributed by atoms with Gasteiger partial charge in [-0.15, -0.1) is 0 Å². The summed E-state index contributed by atoms with van der Waals surface area (Å²) in [6, 6.07) is 15.4. The molecule has 1 heterocycles. The van der Waals surface area contributed by atoms with Crippen molar-refractivity contribution < 1.29 is 4.79 Å². The number of halogens is 1. The topological polar surface area (TPSA) is 46.3 Å². The summed E-state index contributed by atoms with van der Waals surface area (Å²) in [6.07, 6.45) is 7.25. The van der Waals surface area contributed by atoms with Crippen molar-refractivity contribution in [1.29, 1.82) is 0 Å². The van der Waals surface area contributed by atoms with Crippen LogP contribution >= 0.6 is 15.9 Å². The van der Waals surface area contributed by atoms with Crippen LogP contribution in [0.15, 0.2) is 46.9 Å². The SMILES string of the molecule is NC(=O)CCN1CCC(C2c3ccccc3C=Cc3ccc(Br)cc32)CC1. The maximum atomic E-state index is 11.1. The van der Waals surface area contributed by atoms with E-state index in [-0.39, 0.29) is 5.91 Å². The van der Waals surface area contributed by atoms with E-state index in [0.717, 1.165) is 36.9 Å². The van der Waals surface area contributed by atoms with Gasteiger partial charge in [-0.05, 0) is 66.2 Å². The third-order valence-electron chi connectivity index (χ3n) is 5.94. The van der Waals surface area contributed by atoms with Crippen molar-refractivity contribution in [2.75, 3.05) is 19.6 Å². The Labute approximate surface area is 169 Å². The molecule has 1 unspecified atom stereocenters. The number of benzene rings is 2. The lowest BCUT2D eigenvalue weighted by Crippen LogP contribution is -2.37. The summed E-state index contributed by atoms with van der Waals surface area (Å²) < 4.78 is 1.14.